The molecule has 0 fully saturated rings. The Kier molecular flexibility index (Phi) is 14.5. The first-order valence-electron chi connectivity index (χ1n) is 16.8. The van der Waals surface area contributed by atoms with E-state index in [0.717, 1.165) is 83.1 Å². The second kappa shape index (κ2) is 19.0. The molecule has 0 radical (unpaired) electrons. The number of nitrogens with one attached hydrogen (secondary N) is 2. The Morgan fingerprint density at radius 1 is 0.851 bits per heavy atom. The zero-order valence-corrected chi connectivity index (χ0v) is 28.5. The number of aromatic nitrogens is 4. The smallest absolute Gasteiger partial charge is 0.457 e. The molecule has 47 heavy (non-hydrogen) atoms. The minimum absolute atomic E-state index is 0.110. The molecule has 0 saturated carbocycles. The number of hydrogen-bond acceptors (Lipinski definition) is 9. The van der Waals surface area contributed by atoms with Gasteiger partial charge in [0.25, 0.3) is 5.82 Å². The van der Waals surface area contributed by atoms with Gasteiger partial charge >= 0.3 is 11.8 Å². The van der Waals surface area contributed by atoms with Gasteiger partial charge in [-0.3, -0.25) is 14.6 Å². The van der Waals surface area contributed by atoms with Crippen LogP contribution in [0.15, 0.2) is 62.7 Å². The maximum atomic E-state index is 12.6. The highest BCUT2D eigenvalue weighted by molar-refractivity contribution is 5.69. The third-order valence-electron chi connectivity index (χ3n) is 8.22. The van der Waals surface area contributed by atoms with Gasteiger partial charge in [0, 0.05) is 32.0 Å². The summed E-state index contributed by atoms with van der Waals surface area (Å²) in [4.78, 5) is 42.2. The fourth-order valence-electron chi connectivity index (χ4n) is 5.72. The van der Waals surface area contributed by atoms with Gasteiger partial charge in [0.1, 0.15) is 24.8 Å². The Morgan fingerprint density at radius 2 is 1.53 bits per heavy atom. The van der Waals surface area contributed by atoms with Crippen LogP contribution in [0.5, 0.6) is 0 Å². The number of rotatable bonds is 22. The molecule has 12 heteroatoms. The molecule has 256 valence electrons. The lowest BCUT2D eigenvalue weighted by Crippen LogP contribution is -2.35. The number of esters is 1. The first-order valence-corrected chi connectivity index (χ1v) is 16.8. The molecular formula is C35H52N7O5+. The first-order chi connectivity index (χ1) is 22.8. The van der Waals surface area contributed by atoms with Gasteiger partial charge in [0.2, 0.25) is 0 Å². The molecule has 4 aromatic rings. The van der Waals surface area contributed by atoms with Crippen LogP contribution in [0.4, 0.5) is 0 Å². The third kappa shape index (κ3) is 12.3. The van der Waals surface area contributed by atoms with Crippen LogP contribution in [0.3, 0.4) is 0 Å². The van der Waals surface area contributed by atoms with Crippen molar-refractivity contribution in [2.45, 2.75) is 85.7 Å². The summed E-state index contributed by atoms with van der Waals surface area (Å²) in [6, 6.07) is 8.77. The van der Waals surface area contributed by atoms with Gasteiger partial charge in [0.15, 0.2) is 18.1 Å². The molecule has 3 heterocycles. The molecule has 0 bridgehead atoms. The fraction of sp³-hybridized carbons (Fsp3) is 0.543. The molecule has 2 N–H and O–H groups in total. The average molecular weight is 651 g/mol. The van der Waals surface area contributed by atoms with Gasteiger partial charge < -0.3 is 23.5 Å². The van der Waals surface area contributed by atoms with Crippen molar-refractivity contribution < 1.29 is 22.9 Å². The minimum atomic E-state index is -0.790. The highest BCUT2D eigenvalue weighted by Crippen LogP contribution is 2.15. The molecule has 0 aliphatic heterocycles. The summed E-state index contributed by atoms with van der Waals surface area (Å²) < 4.78 is 17.3. The molecule has 0 aliphatic carbocycles. The van der Waals surface area contributed by atoms with Crippen LogP contribution >= 0.6 is 0 Å². The zero-order valence-electron chi connectivity index (χ0n) is 28.5. The SMILES string of the molecule is CCCN(CCC)CCCCN(CCC(=O)OCc1oc(=O)oc1C)Cc1ccc(CN(Cc2ncc[nH]2)Cc2[nH]cc[n+]2C)cc1. The number of unbranched alkanes of at least 4 members (excludes halogenated alkanes) is 1. The molecular weight excluding hydrogens is 598 g/mol. The maximum Gasteiger partial charge on any atom is 0.519 e. The number of carbonyl (C=O) groups excluding carboxylic acids is 1. The van der Waals surface area contributed by atoms with Crippen LogP contribution in [0, 0.1) is 6.92 Å². The maximum absolute atomic E-state index is 12.6. The van der Waals surface area contributed by atoms with Gasteiger partial charge in [-0.15, -0.1) is 0 Å². The number of aromatic amines is 2. The number of carbonyl (C=O) groups is 1. The second-order valence-electron chi connectivity index (χ2n) is 12.2. The second-order valence-corrected chi connectivity index (χ2v) is 12.2. The van der Waals surface area contributed by atoms with Crippen LogP contribution < -0.4 is 10.4 Å². The zero-order chi connectivity index (χ0) is 33.4. The minimum Gasteiger partial charge on any atom is -0.457 e. The quantitative estimate of drug-likeness (QED) is 0.0720. The third-order valence-corrected chi connectivity index (χ3v) is 8.22. The Morgan fingerprint density at radius 3 is 2.11 bits per heavy atom. The van der Waals surface area contributed by atoms with Gasteiger partial charge in [-0.25, -0.2) is 19.3 Å². The Balaban J connectivity index is 1.35. The van der Waals surface area contributed by atoms with E-state index in [-0.39, 0.29) is 24.8 Å². The van der Waals surface area contributed by atoms with E-state index in [2.05, 4.69) is 72.3 Å². The van der Waals surface area contributed by atoms with Crippen LogP contribution in [-0.4, -0.2) is 68.3 Å². The topological polar surface area (TPSA) is 128 Å². The largest absolute Gasteiger partial charge is 0.519 e. The molecule has 0 saturated heterocycles. The van der Waals surface area contributed by atoms with Gasteiger partial charge in [-0.2, -0.15) is 0 Å². The van der Waals surface area contributed by atoms with Crippen molar-refractivity contribution in [3.05, 3.63) is 94.0 Å². The molecule has 12 nitrogen and oxygen atoms in total. The number of benzene rings is 1. The van der Waals surface area contributed by atoms with Crippen LogP contribution in [-0.2, 0) is 49.4 Å². The Hall–Kier alpha value is -4.00. The number of nitrogens with zero attached hydrogens (tertiary/aromatic N) is 5. The van der Waals surface area contributed by atoms with E-state index >= 15 is 0 Å². The first kappa shape index (κ1) is 35.8. The average Bonchev–Trinajstić information content (AvgIpc) is 3.79. The monoisotopic (exact) mass is 650 g/mol. The number of aryl methyl sites for hydroxylation is 2. The van der Waals surface area contributed by atoms with Crippen molar-refractivity contribution in [2.75, 3.05) is 32.7 Å². The number of hydrogen-bond donors (Lipinski definition) is 2. The summed E-state index contributed by atoms with van der Waals surface area (Å²) >= 11 is 0. The Bertz CT molecular complexity index is 1500. The molecule has 3 aromatic heterocycles. The van der Waals surface area contributed by atoms with Crippen molar-refractivity contribution in [1.29, 1.82) is 0 Å². The van der Waals surface area contributed by atoms with Gasteiger partial charge in [0.05, 0.1) is 20.0 Å². The van der Waals surface area contributed by atoms with Crippen molar-refractivity contribution in [1.82, 2.24) is 29.7 Å². The molecule has 0 amide bonds. The van der Waals surface area contributed by atoms with Crippen molar-refractivity contribution in [2.24, 2.45) is 7.05 Å². The van der Waals surface area contributed by atoms with E-state index in [0.29, 0.717) is 18.8 Å². The molecule has 1 aromatic carbocycles. The summed E-state index contributed by atoms with van der Waals surface area (Å²) in [7, 11) is 2.04. The number of ether oxygens (including phenoxy) is 1. The highest BCUT2D eigenvalue weighted by atomic mass is 16.6. The molecule has 0 aliphatic rings. The predicted octanol–water partition coefficient (Wildman–Crippen LogP) is 4.46. The summed E-state index contributed by atoms with van der Waals surface area (Å²) in [6.07, 6.45) is 12.3. The van der Waals surface area contributed by atoms with Crippen LogP contribution in [0.1, 0.15) is 80.2 Å². The number of H-pyrrole nitrogens is 2. The Labute approximate surface area is 277 Å². The van der Waals surface area contributed by atoms with Gasteiger partial charge in [-0.1, -0.05) is 38.1 Å². The van der Waals surface area contributed by atoms with Crippen LogP contribution in [0.2, 0.25) is 0 Å². The summed E-state index contributed by atoms with van der Waals surface area (Å²) in [5.41, 5.74) is 2.42. The van der Waals surface area contributed by atoms with Crippen molar-refractivity contribution >= 4 is 5.97 Å². The lowest BCUT2D eigenvalue weighted by atomic mass is 10.1. The van der Waals surface area contributed by atoms with Crippen molar-refractivity contribution in [3.63, 3.8) is 0 Å². The van der Waals surface area contributed by atoms with E-state index in [4.69, 9.17) is 13.6 Å². The summed E-state index contributed by atoms with van der Waals surface area (Å²) in [6.45, 7) is 13.8. The summed E-state index contributed by atoms with van der Waals surface area (Å²) in [5, 5.41) is 0. The van der Waals surface area contributed by atoms with E-state index in [1.54, 1.807) is 13.1 Å². The molecule has 0 atom stereocenters. The van der Waals surface area contributed by atoms with Crippen molar-refractivity contribution in [3.8, 4) is 0 Å². The fourth-order valence-corrected chi connectivity index (χ4v) is 5.72. The van der Waals surface area contributed by atoms with E-state index in [9.17, 15) is 9.59 Å². The molecule has 4 rings (SSSR count). The highest BCUT2D eigenvalue weighted by Gasteiger charge is 2.17. The van der Waals surface area contributed by atoms with E-state index in [1.807, 2.05) is 25.6 Å². The lowest BCUT2D eigenvalue weighted by Gasteiger charge is -2.24. The predicted molar refractivity (Wildman–Crippen MR) is 178 cm³/mol. The normalized spacial score (nSPS) is 11.7. The van der Waals surface area contributed by atoms with E-state index < -0.39 is 5.82 Å². The lowest BCUT2D eigenvalue weighted by molar-refractivity contribution is -0.679. The molecule has 0 unspecified atom stereocenters. The van der Waals surface area contributed by atoms with E-state index in [1.165, 1.54) is 11.1 Å². The standard InChI is InChI=1S/C35H51N7O5/c1-5-17-40(18-6-2)19-7-8-20-41(21-13-34(43)45-27-31-28(3)46-35(44)47-31)23-29-9-11-30(12-10-29)24-42(25-32-36-14-15-37-32)26-33-38-16-22-39(33)4/h9-12,14-16,22H,5-8,13,17-21,23-27H2,1-4H3,(H,36,37)/p+1. The van der Waals surface area contributed by atoms with Gasteiger partial charge in [-0.05, 0) is 69.9 Å². The van der Waals surface area contributed by atoms with Crippen LogP contribution in [0.25, 0.3) is 0 Å². The number of imidazole rings is 2. The summed E-state index contributed by atoms with van der Waals surface area (Å²) in [5.74, 6) is 1.50. The molecule has 0 spiro atoms.